The molecule has 2 aromatic carbocycles. The van der Waals surface area contributed by atoms with Gasteiger partial charge in [0.15, 0.2) is 0 Å². The quantitative estimate of drug-likeness (QED) is 0.568. The van der Waals surface area contributed by atoms with Crippen molar-refractivity contribution in [3.63, 3.8) is 0 Å². The molecule has 0 aliphatic heterocycles. The second-order valence-electron chi connectivity index (χ2n) is 5.58. The lowest BCUT2D eigenvalue weighted by molar-refractivity contribution is -0.115. The maximum atomic E-state index is 12.3. The van der Waals surface area contributed by atoms with Crippen molar-refractivity contribution in [1.29, 1.82) is 0 Å². The van der Waals surface area contributed by atoms with Gasteiger partial charge >= 0.3 is 0 Å². The molecule has 132 valence electrons. The van der Waals surface area contributed by atoms with Crippen LogP contribution < -0.4 is 11.1 Å². The molecule has 0 atom stereocenters. The number of hydrogen-bond acceptors (Lipinski definition) is 3. The second-order valence-corrected chi connectivity index (χ2v) is 7.81. The molecule has 0 radical (unpaired) electrons. The first-order chi connectivity index (χ1) is 12.4. The highest BCUT2D eigenvalue weighted by Crippen LogP contribution is 2.35. The molecule has 1 aromatic heterocycles. The molecule has 4 nitrogen and oxygen atoms in total. The van der Waals surface area contributed by atoms with Crippen molar-refractivity contribution in [2.75, 3.05) is 5.32 Å². The standard InChI is InChI=1S/C19H14BrClN2O2S/c20-13-5-1-11(2-6-13)9-16(24)23-19-17(18(22)25)15(10-26-19)12-3-7-14(21)8-4-12/h1-8,10H,9H2,(H2,22,25)(H,23,24). The molecular weight excluding hydrogens is 436 g/mol. The fourth-order valence-electron chi connectivity index (χ4n) is 2.49. The van der Waals surface area contributed by atoms with Gasteiger partial charge < -0.3 is 11.1 Å². The van der Waals surface area contributed by atoms with Crippen LogP contribution in [0.15, 0.2) is 58.4 Å². The lowest BCUT2D eigenvalue weighted by atomic mass is 10.0. The SMILES string of the molecule is NC(=O)c1c(-c2ccc(Cl)cc2)csc1NC(=O)Cc1ccc(Br)cc1. The highest BCUT2D eigenvalue weighted by molar-refractivity contribution is 9.10. The Kier molecular flexibility index (Phi) is 5.76. The average Bonchev–Trinajstić information content (AvgIpc) is 3.01. The zero-order valence-electron chi connectivity index (χ0n) is 13.5. The molecule has 3 rings (SSSR count). The van der Waals surface area contributed by atoms with E-state index in [1.54, 1.807) is 17.5 Å². The van der Waals surface area contributed by atoms with Gasteiger partial charge in [-0.15, -0.1) is 11.3 Å². The third-order valence-corrected chi connectivity index (χ3v) is 5.40. The molecule has 0 bridgehead atoms. The van der Waals surface area contributed by atoms with Crippen LogP contribution in [0.4, 0.5) is 5.00 Å². The monoisotopic (exact) mass is 448 g/mol. The molecule has 0 aliphatic rings. The average molecular weight is 450 g/mol. The smallest absolute Gasteiger partial charge is 0.252 e. The predicted octanol–water partition coefficient (Wildman–Crippen LogP) is 5.11. The third kappa shape index (κ3) is 4.33. The summed E-state index contributed by atoms with van der Waals surface area (Å²) in [4.78, 5) is 24.3. The number of benzene rings is 2. The van der Waals surface area contributed by atoms with E-state index >= 15 is 0 Å². The summed E-state index contributed by atoms with van der Waals surface area (Å²) < 4.78 is 0.948. The number of primary amides is 1. The summed E-state index contributed by atoms with van der Waals surface area (Å²) in [6, 6.07) is 14.6. The second kappa shape index (κ2) is 8.03. The van der Waals surface area contributed by atoms with Crippen LogP contribution in [-0.4, -0.2) is 11.8 Å². The molecule has 0 saturated heterocycles. The van der Waals surface area contributed by atoms with Gasteiger partial charge in [0.05, 0.1) is 12.0 Å². The normalized spacial score (nSPS) is 10.5. The first-order valence-electron chi connectivity index (χ1n) is 7.65. The minimum Gasteiger partial charge on any atom is -0.365 e. The van der Waals surface area contributed by atoms with Gasteiger partial charge in [0.2, 0.25) is 5.91 Å². The Hall–Kier alpha value is -2.15. The third-order valence-electron chi connectivity index (χ3n) is 3.72. The molecule has 0 saturated carbocycles. The van der Waals surface area contributed by atoms with Gasteiger partial charge in [0.25, 0.3) is 5.91 Å². The zero-order valence-corrected chi connectivity index (χ0v) is 16.6. The summed E-state index contributed by atoms with van der Waals surface area (Å²) in [7, 11) is 0. The number of carbonyl (C=O) groups is 2. The van der Waals surface area contributed by atoms with Crippen LogP contribution in [0.3, 0.4) is 0 Å². The van der Waals surface area contributed by atoms with Crippen molar-refractivity contribution >= 4 is 55.7 Å². The van der Waals surface area contributed by atoms with Gasteiger partial charge in [-0.25, -0.2) is 0 Å². The highest BCUT2D eigenvalue weighted by Gasteiger charge is 2.19. The van der Waals surface area contributed by atoms with Crippen molar-refractivity contribution in [3.8, 4) is 11.1 Å². The number of carbonyl (C=O) groups excluding carboxylic acids is 2. The van der Waals surface area contributed by atoms with Gasteiger partial charge in [-0.1, -0.05) is 51.8 Å². The molecule has 0 unspecified atom stereocenters. The van der Waals surface area contributed by atoms with Gasteiger partial charge in [0.1, 0.15) is 5.00 Å². The molecule has 0 aliphatic carbocycles. The number of thiophene rings is 1. The highest BCUT2D eigenvalue weighted by atomic mass is 79.9. The fraction of sp³-hybridized carbons (Fsp3) is 0.0526. The van der Waals surface area contributed by atoms with E-state index in [-0.39, 0.29) is 12.3 Å². The maximum Gasteiger partial charge on any atom is 0.252 e. The number of rotatable bonds is 5. The van der Waals surface area contributed by atoms with Crippen LogP contribution in [0.1, 0.15) is 15.9 Å². The summed E-state index contributed by atoms with van der Waals surface area (Å²) in [5.41, 5.74) is 8.23. The Bertz CT molecular complexity index is 953. The van der Waals surface area contributed by atoms with Crippen LogP contribution in [0, 0.1) is 0 Å². The van der Waals surface area contributed by atoms with Crippen molar-refractivity contribution in [3.05, 3.63) is 74.5 Å². The molecule has 3 N–H and O–H groups in total. The molecule has 1 heterocycles. The Labute approximate surface area is 168 Å². The van der Waals surface area contributed by atoms with Crippen molar-refractivity contribution in [1.82, 2.24) is 0 Å². The summed E-state index contributed by atoms with van der Waals surface area (Å²) in [6.45, 7) is 0. The van der Waals surface area contributed by atoms with Crippen LogP contribution in [0.2, 0.25) is 5.02 Å². The number of halogens is 2. The topological polar surface area (TPSA) is 72.2 Å². The summed E-state index contributed by atoms with van der Waals surface area (Å²) >= 11 is 10.5. The Balaban J connectivity index is 1.83. The molecule has 2 amide bonds. The summed E-state index contributed by atoms with van der Waals surface area (Å²) in [6.07, 6.45) is 0.208. The van der Waals surface area contributed by atoms with E-state index in [1.165, 1.54) is 11.3 Å². The molecule has 0 spiro atoms. The first kappa shape index (κ1) is 18.6. The predicted molar refractivity (Wildman–Crippen MR) is 110 cm³/mol. The van der Waals surface area contributed by atoms with Crippen LogP contribution >= 0.6 is 38.9 Å². The van der Waals surface area contributed by atoms with E-state index in [2.05, 4.69) is 21.2 Å². The van der Waals surface area contributed by atoms with E-state index in [9.17, 15) is 9.59 Å². The number of nitrogens with one attached hydrogen (secondary N) is 1. The molecule has 26 heavy (non-hydrogen) atoms. The summed E-state index contributed by atoms with van der Waals surface area (Å²) in [5.74, 6) is -0.797. The Morgan fingerprint density at radius 2 is 1.73 bits per heavy atom. The number of anilines is 1. The van der Waals surface area contributed by atoms with Gasteiger partial charge in [-0.2, -0.15) is 0 Å². The van der Waals surface area contributed by atoms with Crippen LogP contribution in [0.25, 0.3) is 11.1 Å². The van der Waals surface area contributed by atoms with E-state index in [1.807, 2.05) is 36.4 Å². The van der Waals surface area contributed by atoms with E-state index < -0.39 is 5.91 Å². The molecule has 3 aromatic rings. The van der Waals surface area contributed by atoms with Crippen molar-refractivity contribution < 1.29 is 9.59 Å². The number of hydrogen-bond donors (Lipinski definition) is 2. The largest absolute Gasteiger partial charge is 0.365 e. The minimum atomic E-state index is -0.588. The van der Waals surface area contributed by atoms with Gasteiger partial charge in [-0.05, 0) is 35.4 Å². The molecule has 7 heteroatoms. The minimum absolute atomic E-state index is 0.208. The van der Waals surface area contributed by atoms with Gasteiger partial charge in [-0.3, -0.25) is 9.59 Å². The van der Waals surface area contributed by atoms with Gasteiger partial charge in [0, 0.05) is 20.4 Å². The lowest BCUT2D eigenvalue weighted by Gasteiger charge is -2.07. The maximum absolute atomic E-state index is 12.3. The Morgan fingerprint density at radius 1 is 1.08 bits per heavy atom. The van der Waals surface area contributed by atoms with Crippen molar-refractivity contribution in [2.24, 2.45) is 5.73 Å². The first-order valence-corrected chi connectivity index (χ1v) is 9.70. The zero-order chi connectivity index (χ0) is 18.7. The summed E-state index contributed by atoms with van der Waals surface area (Å²) in [5, 5.41) is 5.65. The van der Waals surface area contributed by atoms with E-state index in [0.29, 0.717) is 21.2 Å². The number of amides is 2. The number of nitrogens with two attached hydrogens (primary N) is 1. The van der Waals surface area contributed by atoms with Crippen LogP contribution in [-0.2, 0) is 11.2 Å². The van der Waals surface area contributed by atoms with E-state index in [4.69, 9.17) is 17.3 Å². The van der Waals surface area contributed by atoms with Crippen LogP contribution in [0.5, 0.6) is 0 Å². The Morgan fingerprint density at radius 3 is 2.35 bits per heavy atom. The molecule has 0 fully saturated rings. The van der Waals surface area contributed by atoms with E-state index in [0.717, 1.165) is 15.6 Å². The van der Waals surface area contributed by atoms with Crippen molar-refractivity contribution in [2.45, 2.75) is 6.42 Å². The fourth-order valence-corrected chi connectivity index (χ4v) is 3.88. The molecular formula is C19H14BrClN2O2S. The lowest BCUT2D eigenvalue weighted by Crippen LogP contribution is -2.18.